The van der Waals surface area contributed by atoms with Crippen molar-refractivity contribution in [3.8, 4) is 11.5 Å². The zero-order valence-corrected chi connectivity index (χ0v) is 12.3. The Morgan fingerprint density at radius 2 is 2.32 bits per heavy atom. The lowest BCUT2D eigenvalue weighted by atomic mass is 10.3. The van der Waals surface area contributed by atoms with Crippen molar-refractivity contribution >= 4 is 5.91 Å². The molecule has 0 saturated carbocycles. The summed E-state index contributed by atoms with van der Waals surface area (Å²) in [6.45, 7) is 1.39. The van der Waals surface area contributed by atoms with Crippen LogP contribution >= 0.6 is 0 Å². The number of aryl methyl sites for hydroxylation is 2. The fraction of sp³-hybridized carbons (Fsp3) is 0.267. The van der Waals surface area contributed by atoms with Crippen LogP contribution in [-0.4, -0.2) is 31.7 Å². The van der Waals surface area contributed by atoms with E-state index in [1.807, 2.05) is 40.7 Å². The van der Waals surface area contributed by atoms with Crippen molar-refractivity contribution in [2.75, 3.05) is 6.54 Å². The van der Waals surface area contributed by atoms with Crippen LogP contribution in [0.4, 0.5) is 0 Å². The maximum Gasteiger partial charge on any atom is 0.273 e. The number of nitrogens with one attached hydrogen (secondary N) is 1. The number of imidazole rings is 1. The summed E-state index contributed by atoms with van der Waals surface area (Å²) in [6.07, 6.45) is 8.12. The van der Waals surface area contributed by atoms with Gasteiger partial charge in [-0.25, -0.2) is 4.98 Å². The van der Waals surface area contributed by atoms with Gasteiger partial charge in [-0.2, -0.15) is 0 Å². The van der Waals surface area contributed by atoms with Crippen molar-refractivity contribution in [1.29, 1.82) is 0 Å². The Hall–Kier alpha value is -2.83. The van der Waals surface area contributed by atoms with Crippen molar-refractivity contribution in [1.82, 2.24) is 24.6 Å². The Morgan fingerprint density at radius 3 is 3.05 bits per heavy atom. The van der Waals surface area contributed by atoms with E-state index in [-0.39, 0.29) is 5.91 Å². The van der Waals surface area contributed by atoms with Gasteiger partial charge < -0.3 is 19.0 Å². The largest absolute Gasteiger partial charge is 0.354 e. The fourth-order valence-corrected chi connectivity index (χ4v) is 2.19. The van der Waals surface area contributed by atoms with E-state index in [0.717, 1.165) is 18.7 Å². The molecule has 22 heavy (non-hydrogen) atoms. The van der Waals surface area contributed by atoms with Gasteiger partial charge in [0.15, 0.2) is 11.5 Å². The number of aromatic nitrogens is 4. The second-order valence-corrected chi connectivity index (χ2v) is 4.99. The number of rotatable bonds is 6. The molecule has 7 nitrogen and oxygen atoms in total. The van der Waals surface area contributed by atoms with Gasteiger partial charge in [0.25, 0.3) is 5.91 Å². The van der Waals surface area contributed by atoms with Crippen LogP contribution in [0.1, 0.15) is 16.9 Å². The van der Waals surface area contributed by atoms with Crippen LogP contribution in [0.3, 0.4) is 0 Å². The number of carbonyl (C=O) groups is 1. The van der Waals surface area contributed by atoms with Crippen molar-refractivity contribution in [2.45, 2.75) is 13.0 Å². The van der Waals surface area contributed by atoms with Gasteiger partial charge in [-0.15, -0.1) is 0 Å². The van der Waals surface area contributed by atoms with E-state index in [2.05, 4.69) is 15.5 Å². The van der Waals surface area contributed by atoms with Gasteiger partial charge in [-0.1, -0.05) is 5.16 Å². The molecule has 0 bridgehead atoms. The Bertz CT molecular complexity index is 742. The molecule has 7 heteroatoms. The van der Waals surface area contributed by atoms with E-state index in [0.29, 0.717) is 18.0 Å². The van der Waals surface area contributed by atoms with Gasteiger partial charge in [0.2, 0.25) is 0 Å². The highest BCUT2D eigenvalue weighted by Crippen LogP contribution is 2.19. The average Bonchev–Trinajstić information content (AvgIpc) is 3.24. The smallest absolute Gasteiger partial charge is 0.273 e. The SMILES string of the molecule is Cn1cccc1-c1cc(C(=O)NCCCn2ccnc2)no1. The second-order valence-electron chi connectivity index (χ2n) is 4.99. The Balaban J connectivity index is 1.52. The molecule has 0 saturated heterocycles. The van der Waals surface area contributed by atoms with Gasteiger partial charge in [0.05, 0.1) is 12.0 Å². The predicted octanol–water partition coefficient (Wildman–Crippen LogP) is 1.70. The molecule has 0 aliphatic rings. The summed E-state index contributed by atoms with van der Waals surface area (Å²) in [4.78, 5) is 16.0. The third-order valence-corrected chi connectivity index (χ3v) is 3.38. The number of nitrogens with zero attached hydrogens (tertiary/aromatic N) is 4. The highest BCUT2D eigenvalue weighted by molar-refractivity contribution is 5.92. The predicted molar refractivity (Wildman–Crippen MR) is 80.1 cm³/mol. The summed E-state index contributed by atoms with van der Waals surface area (Å²) in [5.41, 5.74) is 1.17. The monoisotopic (exact) mass is 299 g/mol. The zero-order valence-electron chi connectivity index (χ0n) is 12.3. The van der Waals surface area contributed by atoms with Gasteiger partial charge in [-0.3, -0.25) is 4.79 Å². The topological polar surface area (TPSA) is 77.9 Å². The lowest BCUT2D eigenvalue weighted by molar-refractivity contribution is 0.0944. The van der Waals surface area contributed by atoms with Gasteiger partial charge in [0, 0.05) is 44.8 Å². The first kappa shape index (κ1) is 14.1. The molecule has 3 heterocycles. The Labute approximate surface area is 127 Å². The quantitative estimate of drug-likeness (QED) is 0.703. The minimum atomic E-state index is -0.227. The van der Waals surface area contributed by atoms with Crippen molar-refractivity contribution in [2.24, 2.45) is 7.05 Å². The Morgan fingerprint density at radius 1 is 1.41 bits per heavy atom. The maximum absolute atomic E-state index is 12.0. The minimum Gasteiger partial charge on any atom is -0.354 e. The standard InChI is InChI=1S/C15H17N5O2/c1-19-7-2-4-13(19)14-10-12(18-22-14)15(21)17-5-3-8-20-9-6-16-11-20/h2,4,6-7,9-11H,3,5,8H2,1H3,(H,17,21). The first-order chi connectivity index (χ1) is 10.7. The van der Waals surface area contributed by atoms with Crippen molar-refractivity contribution in [3.05, 3.63) is 48.8 Å². The first-order valence-electron chi connectivity index (χ1n) is 7.06. The van der Waals surface area contributed by atoms with Crippen LogP contribution in [0.15, 0.2) is 47.6 Å². The molecule has 1 amide bonds. The van der Waals surface area contributed by atoms with Gasteiger partial charge in [-0.05, 0) is 18.6 Å². The molecule has 114 valence electrons. The number of hydrogen-bond donors (Lipinski definition) is 1. The van der Waals surface area contributed by atoms with E-state index in [1.165, 1.54) is 0 Å². The molecule has 0 unspecified atom stereocenters. The van der Waals surface area contributed by atoms with Crippen LogP contribution in [0.25, 0.3) is 11.5 Å². The molecular weight excluding hydrogens is 282 g/mol. The number of hydrogen-bond acceptors (Lipinski definition) is 4. The lowest BCUT2D eigenvalue weighted by Gasteiger charge is -2.03. The summed E-state index contributed by atoms with van der Waals surface area (Å²) in [5, 5.41) is 6.66. The van der Waals surface area contributed by atoms with Crippen molar-refractivity contribution in [3.63, 3.8) is 0 Å². The third-order valence-electron chi connectivity index (χ3n) is 3.38. The highest BCUT2D eigenvalue weighted by atomic mass is 16.5. The molecule has 0 aliphatic carbocycles. The van der Waals surface area contributed by atoms with Crippen LogP contribution in [0.2, 0.25) is 0 Å². The first-order valence-corrected chi connectivity index (χ1v) is 7.06. The van der Waals surface area contributed by atoms with E-state index >= 15 is 0 Å². The summed E-state index contributed by atoms with van der Waals surface area (Å²) >= 11 is 0. The fourth-order valence-electron chi connectivity index (χ4n) is 2.19. The van der Waals surface area contributed by atoms with Gasteiger partial charge in [0.1, 0.15) is 0 Å². The van der Waals surface area contributed by atoms with E-state index < -0.39 is 0 Å². The molecule has 0 aliphatic heterocycles. The minimum absolute atomic E-state index is 0.227. The molecule has 0 atom stereocenters. The van der Waals surface area contributed by atoms with E-state index in [4.69, 9.17) is 4.52 Å². The summed E-state index contributed by atoms with van der Waals surface area (Å²) in [5.74, 6) is 0.353. The lowest BCUT2D eigenvalue weighted by Crippen LogP contribution is -2.25. The van der Waals surface area contributed by atoms with E-state index in [1.54, 1.807) is 18.6 Å². The molecule has 1 N–H and O–H groups in total. The number of amides is 1. The molecule has 0 fully saturated rings. The summed E-state index contributed by atoms with van der Waals surface area (Å²) < 4.78 is 9.11. The van der Waals surface area contributed by atoms with E-state index in [9.17, 15) is 4.79 Å². The molecule has 3 aromatic rings. The van der Waals surface area contributed by atoms with Crippen LogP contribution < -0.4 is 5.32 Å². The molecule has 0 aromatic carbocycles. The Kier molecular flexibility index (Phi) is 4.04. The molecule has 3 rings (SSSR count). The molecular formula is C15H17N5O2. The van der Waals surface area contributed by atoms with Crippen LogP contribution in [-0.2, 0) is 13.6 Å². The van der Waals surface area contributed by atoms with Gasteiger partial charge >= 0.3 is 0 Å². The second kappa shape index (κ2) is 6.30. The maximum atomic E-state index is 12.0. The molecule has 0 spiro atoms. The van der Waals surface area contributed by atoms with Crippen LogP contribution in [0.5, 0.6) is 0 Å². The molecule has 0 radical (unpaired) electrons. The summed E-state index contributed by atoms with van der Waals surface area (Å²) in [6, 6.07) is 5.47. The van der Waals surface area contributed by atoms with Crippen LogP contribution in [0, 0.1) is 0 Å². The number of carbonyl (C=O) groups excluding carboxylic acids is 1. The highest BCUT2D eigenvalue weighted by Gasteiger charge is 2.14. The van der Waals surface area contributed by atoms with Crippen molar-refractivity contribution < 1.29 is 9.32 Å². The third kappa shape index (κ3) is 3.08. The molecule has 3 aromatic heterocycles. The normalized spacial score (nSPS) is 10.8. The zero-order chi connectivity index (χ0) is 15.4. The summed E-state index contributed by atoms with van der Waals surface area (Å²) in [7, 11) is 1.91. The average molecular weight is 299 g/mol.